The van der Waals surface area contributed by atoms with Crippen molar-refractivity contribution in [3.05, 3.63) is 24.3 Å². The molecule has 0 radical (unpaired) electrons. The molecule has 3 aliphatic rings. The first-order chi connectivity index (χ1) is 43.8. The van der Waals surface area contributed by atoms with Gasteiger partial charge in [-0.05, 0) is 44.9 Å². The third kappa shape index (κ3) is 34.8. The summed E-state index contributed by atoms with van der Waals surface area (Å²) in [4.78, 5) is 13.4. The number of amides is 1. The Bertz CT molecular complexity index is 1730. The first-order valence-electron chi connectivity index (χ1n) is 36.6. The number of nitrogens with one attached hydrogen (secondary N) is 1. The smallest absolute Gasteiger partial charge is 0.220 e. The molecule has 17 atom stereocenters. The summed E-state index contributed by atoms with van der Waals surface area (Å²) in [6.07, 6.45) is 34.0. The van der Waals surface area contributed by atoms with Crippen molar-refractivity contribution in [3.8, 4) is 0 Å². The number of hydrogen-bond acceptors (Lipinski definition) is 18. The summed E-state index contributed by atoms with van der Waals surface area (Å²) >= 11 is 0. The van der Waals surface area contributed by atoms with Crippen molar-refractivity contribution in [3.63, 3.8) is 0 Å². The summed E-state index contributed by atoms with van der Waals surface area (Å²) in [7, 11) is 0. The molecular formula is C71H133NO18. The summed E-state index contributed by atoms with van der Waals surface area (Å²) in [6, 6.07) is -0.889. The van der Waals surface area contributed by atoms with Gasteiger partial charge in [-0.25, -0.2) is 0 Å². The van der Waals surface area contributed by atoms with Crippen LogP contribution in [0.5, 0.6) is 0 Å². The highest BCUT2D eigenvalue weighted by atomic mass is 16.8. The Balaban J connectivity index is 1.41. The van der Waals surface area contributed by atoms with E-state index in [1.165, 1.54) is 199 Å². The minimum atomic E-state index is -1.97. The largest absolute Gasteiger partial charge is 0.394 e. The van der Waals surface area contributed by atoms with Gasteiger partial charge in [0.25, 0.3) is 0 Å². The average Bonchev–Trinajstić information content (AvgIpc) is 0.846. The van der Waals surface area contributed by atoms with Crippen LogP contribution >= 0.6 is 0 Å². The van der Waals surface area contributed by atoms with Crippen LogP contribution in [-0.4, -0.2) is 193 Å². The van der Waals surface area contributed by atoms with E-state index in [4.69, 9.17) is 28.4 Å². The third-order valence-corrected chi connectivity index (χ3v) is 18.5. The summed E-state index contributed by atoms with van der Waals surface area (Å²) in [5.74, 6) is -0.244. The molecule has 0 aromatic carbocycles. The lowest BCUT2D eigenvalue weighted by Crippen LogP contribution is -2.66. The van der Waals surface area contributed by atoms with E-state index in [-0.39, 0.29) is 18.9 Å². The Morgan fingerprint density at radius 2 is 0.733 bits per heavy atom. The molecule has 0 aliphatic carbocycles. The lowest BCUT2D eigenvalue weighted by atomic mass is 9.96. The van der Waals surface area contributed by atoms with Gasteiger partial charge >= 0.3 is 0 Å². The number of aliphatic hydroxyl groups is 11. The fourth-order valence-electron chi connectivity index (χ4n) is 12.6. The number of rotatable bonds is 57. The summed E-state index contributed by atoms with van der Waals surface area (Å²) in [6.45, 7) is 1.81. The van der Waals surface area contributed by atoms with Gasteiger partial charge in [-0.15, -0.1) is 0 Å². The molecular weight excluding hydrogens is 1150 g/mol. The highest BCUT2D eigenvalue weighted by molar-refractivity contribution is 5.76. The zero-order valence-electron chi connectivity index (χ0n) is 56.1. The van der Waals surface area contributed by atoms with Crippen molar-refractivity contribution in [2.24, 2.45) is 0 Å². The maximum Gasteiger partial charge on any atom is 0.220 e. The second kappa shape index (κ2) is 53.4. The minimum absolute atomic E-state index is 0.244. The van der Waals surface area contributed by atoms with Crippen molar-refractivity contribution in [2.75, 3.05) is 26.4 Å². The molecule has 3 rings (SSSR count). The predicted octanol–water partition coefficient (Wildman–Crippen LogP) is 10.2. The topological polar surface area (TPSA) is 307 Å². The summed E-state index contributed by atoms with van der Waals surface area (Å²) in [5.41, 5.74) is 0. The van der Waals surface area contributed by atoms with Crippen LogP contribution < -0.4 is 5.32 Å². The van der Waals surface area contributed by atoms with E-state index < -0.39 is 124 Å². The van der Waals surface area contributed by atoms with Crippen molar-refractivity contribution < 1.29 is 89.4 Å². The fraction of sp³-hybridized carbons (Fsp3) is 0.930. The maximum absolute atomic E-state index is 13.4. The minimum Gasteiger partial charge on any atom is -0.394 e. The Morgan fingerprint density at radius 1 is 0.400 bits per heavy atom. The van der Waals surface area contributed by atoms with E-state index in [2.05, 4.69) is 43.5 Å². The van der Waals surface area contributed by atoms with Crippen molar-refractivity contribution in [1.82, 2.24) is 5.32 Å². The number of allylic oxidation sites excluding steroid dienone is 4. The van der Waals surface area contributed by atoms with Crippen LogP contribution in [0.1, 0.15) is 290 Å². The normalized spacial score (nSPS) is 28.1. The van der Waals surface area contributed by atoms with Gasteiger partial charge in [0.05, 0.1) is 38.6 Å². The van der Waals surface area contributed by atoms with Crippen molar-refractivity contribution in [2.45, 2.75) is 394 Å². The molecule has 3 saturated heterocycles. The zero-order valence-corrected chi connectivity index (χ0v) is 56.1. The average molecular weight is 1290 g/mol. The second-order valence-electron chi connectivity index (χ2n) is 26.4. The highest BCUT2D eigenvalue weighted by Crippen LogP contribution is 2.33. The standard InChI is InChI=1S/C71H133NO18/c1-3-5-7-9-11-13-15-17-19-21-23-24-25-26-27-28-29-31-32-34-36-38-40-42-44-46-48-55(76)54(72-59(77)49-47-45-43-41-39-37-35-33-30-22-20-18-16-14-12-10-8-6-4-2)53-85-69-65(83)62(80)67(57(51-74)87-69)90-71-66(84)63(81)68(58(52-75)88-71)89-70-64(82)61(79)60(78)56(50-73)86-70/h12,14,18,20,54-58,60-71,73-76,78-84H,3-11,13,15-17,19,21-53H2,1-2H3,(H,72,77)/b14-12-,20-18-. The Kier molecular flexibility index (Phi) is 49.0. The summed E-state index contributed by atoms with van der Waals surface area (Å²) in [5, 5.41) is 121. The van der Waals surface area contributed by atoms with E-state index in [1.807, 2.05) is 0 Å². The Morgan fingerprint density at radius 3 is 1.16 bits per heavy atom. The second-order valence-corrected chi connectivity index (χ2v) is 26.4. The van der Waals surface area contributed by atoms with E-state index in [9.17, 15) is 61.0 Å². The first-order valence-corrected chi connectivity index (χ1v) is 36.6. The highest BCUT2D eigenvalue weighted by Gasteiger charge is 2.53. The number of hydrogen-bond donors (Lipinski definition) is 12. The van der Waals surface area contributed by atoms with Gasteiger partial charge in [0.15, 0.2) is 18.9 Å². The van der Waals surface area contributed by atoms with Gasteiger partial charge in [-0.2, -0.15) is 0 Å². The molecule has 0 aromatic rings. The van der Waals surface area contributed by atoms with Crippen LogP contribution in [-0.2, 0) is 33.2 Å². The molecule has 19 heteroatoms. The molecule has 19 nitrogen and oxygen atoms in total. The number of ether oxygens (including phenoxy) is 6. The lowest BCUT2D eigenvalue weighted by Gasteiger charge is -2.48. The number of aliphatic hydroxyl groups excluding tert-OH is 11. The molecule has 3 heterocycles. The molecule has 0 spiro atoms. The van der Waals surface area contributed by atoms with Gasteiger partial charge in [-0.1, -0.05) is 263 Å². The molecule has 0 bridgehead atoms. The molecule has 12 N–H and O–H groups in total. The van der Waals surface area contributed by atoms with E-state index in [1.54, 1.807) is 0 Å². The van der Waals surface area contributed by atoms with Crippen LogP contribution in [0.2, 0.25) is 0 Å². The molecule has 0 saturated carbocycles. The number of unbranched alkanes of at least 4 members (excludes halogenated alkanes) is 37. The number of carbonyl (C=O) groups excluding carboxylic acids is 1. The Labute approximate surface area is 543 Å². The van der Waals surface area contributed by atoms with Crippen molar-refractivity contribution in [1.29, 1.82) is 0 Å². The van der Waals surface area contributed by atoms with E-state index >= 15 is 0 Å². The third-order valence-electron chi connectivity index (χ3n) is 18.5. The molecule has 17 unspecified atom stereocenters. The zero-order chi connectivity index (χ0) is 65.4. The van der Waals surface area contributed by atoms with E-state index in [0.29, 0.717) is 12.8 Å². The fourth-order valence-corrected chi connectivity index (χ4v) is 12.6. The summed E-state index contributed by atoms with van der Waals surface area (Å²) < 4.78 is 34.5. The molecule has 530 valence electrons. The molecule has 1 amide bonds. The molecule has 90 heavy (non-hydrogen) atoms. The van der Waals surface area contributed by atoms with Gasteiger partial charge < -0.3 is 89.9 Å². The molecule has 3 aliphatic heterocycles. The quantitative estimate of drug-likeness (QED) is 0.0199. The Hall–Kier alpha value is -1.73. The van der Waals surface area contributed by atoms with Crippen LogP contribution in [0.3, 0.4) is 0 Å². The van der Waals surface area contributed by atoms with E-state index in [0.717, 1.165) is 57.8 Å². The monoisotopic (exact) mass is 1290 g/mol. The van der Waals surface area contributed by atoms with Crippen molar-refractivity contribution >= 4 is 5.91 Å². The van der Waals surface area contributed by atoms with Gasteiger partial charge in [0.2, 0.25) is 5.91 Å². The van der Waals surface area contributed by atoms with Gasteiger partial charge in [-0.3, -0.25) is 4.79 Å². The van der Waals surface area contributed by atoms with Gasteiger partial charge in [0, 0.05) is 6.42 Å². The van der Waals surface area contributed by atoms with Crippen LogP contribution in [0.25, 0.3) is 0 Å². The lowest BCUT2D eigenvalue weighted by molar-refractivity contribution is -0.379. The SMILES string of the molecule is CCCCC/C=C\C/C=C\CCCCCCCCCCCC(=O)NC(COC1OC(CO)C(OC2OC(CO)C(OC3OC(CO)C(O)C(O)C3O)C(O)C2O)C(O)C1O)C(O)CCCCCCCCCCCCCCCCCCCCCCCCCCCC. The predicted molar refractivity (Wildman–Crippen MR) is 351 cm³/mol. The molecule has 0 aromatic heterocycles. The number of carbonyl (C=O) groups is 1. The van der Waals surface area contributed by atoms with Gasteiger partial charge in [0.1, 0.15) is 73.2 Å². The first kappa shape index (κ1) is 82.5. The molecule has 3 fully saturated rings. The maximum atomic E-state index is 13.4. The van der Waals surface area contributed by atoms with Crippen LogP contribution in [0.15, 0.2) is 24.3 Å². The van der Waals surface area contributed by atoms with Crippen LogP contribution in [0, 0.1) is 0 Å². The van der Waals surface area contributed by atoms with Crippen LogP contribution in [0.4, 0.5) is 0 Å².